The monoisotopic (exact) mass is 325 g/mol. The molecule has 7 nitrogen and oxygen atoms in total. The van der Waals surface area contributed by atoms with Crippen LogP contribution in [-0.4, -0.2) is 33.7 Å². The molecule has 2 aromatic heterocycles. The van der Waals surface area contributed by atoms with Crippen molar-refractivity contribution in [2.24, 2.45) is 5.92 Å². The Kier molecular flexibility index (Phi) is 5.87. The normalized spacial score (nSPS) is 13.2. The Morgan fingerprint density at radius 1 is 1.36 bits per heavy atom. The molecular weight excluding hydrogens is 302 g/mol. The zero-order valence-electron chi connectivity index (χ0n) is 13.4. The van der Waals surface area contributed by atoms with Crippen LogP contribution >= 0.6 is 11.3 Å². The van der Waals surface area contributed by atoms with Gasteiger partial charge < -0.3 is 15.0 Å². The minimum atomic E-state index is -0.161. The standard InChI is InChI=1S/C14H23N5O2S/c1-9(2)8-20-10(3)13-17-12(21-18-13)7-19(4)6-11-5-16-14(15)22-11/h5,9-10H,6-8H2,1-4H3,(H2,15,16). The fourth-order valence-corrected chi connectivity index (χ4v) is 2.62. The molecule has 2 rings (SSSR count). The molecule has 122 valence electrons. The van der Waals surface area contributed by atoms with Crippen LogP contribution in [0.3, 0.4) is 0 Å². The lowest BCUT2D eigenvalue weighted by Crippen LogP contribution is -2.17. The number of anilines is 1. The van der Waals surface area contributed by atoms with E-state index in [4.69, 9.17) is 15.0 Å². The quantitative estimate of drug-likeness (QED) is 0.797. The summed E-state index contributed by atoms with van der Waals surface area (Å²) in [6.45, 7) is 8.14. The van der Waals surface area contributed by atoms with Gasteiger partial charge in [0.15, 0.2) is 11.0 Å². The van der Waals surface area contributed by atoms with Crippen LogP contribution in [0.2, 0.25) is 0 Å². The molecule has 8 heteroatoms. The van der Waals surface area contributed by atoms with E-state index in [2.05, 4.69) is 33.9 Å². The third-order valence-electron chi connectivity index (χ3n) is 2.93. The van der Waals surface area contributed by atoms with E-state index in [1.54, 1.807) is 6.20 Å². The Hall–Kier alpha value is -1.51. The summed E-state index contributed by atoms with van der Waals surface area (Å²) >= 11 is 1.48. The SMILES string of the molecule is CC(C)COC(C)c1noc(CN(C)Cc2cnc(N)s2)n1. The Balaban J connectivity index is 1.85. The number of nitrogens with zero attached hydrogens (tertiary/aromatic N) is 4. The molecule has 0 saturated carbocycles. The van der Waals surface area contributed by atoms with Crippen LogP contribution in [0.15, 0.2) is 10.7 Å². The molecule has 0 radical (unpaired) electrons. The molecule has 0 amide bonds. The van der Waals surface area contributed by atoms with Crippen LogP contribution in [0.1, 0.15) is 43.5 Å². The highest BCUT2D eigenvalue weighted by Gasteiger charge is 2.16. The van der Waals surface area contributed by atoms with Gasteiger partial charge in [-0.2, -0.15) is 4.98 Å². The lowest BCUT2D eigenvalue weighted by atomic mass is 10.2. The third kappa shape index (κ3) is 5.04. The molecule has 0 aliphatic heterocycles. The van der Waals surface area contributed by atoms with Gasteiger partial charge in [-0.1, -0.05) is 19.0 Å². The van der Waals surface area contributed by atoms with E-state index in [1.807, 2.05) is 14.0 Å². The van der Waals surface area contributed by atoms with Crippen LogP contribution in [0.25, 0.3) is 0 Å². The Labute approximate surface area is 134 Å². The number of hydrogen-bond donors (Lipinski definition) is 1. The van der Waals surface area contributed by atoms with E-state index in [1.165, 1.54) is 11.3 Å². The topological polar surface area (TPSA) is 90.3 Å². The summed E-state index contributed by atoms with van der Waals surface area (Å²) < 4.78 is 11.0. The molecular formula is C14H23N5O2S. The average molecular weight is 325 g/mol. The molecule has 0 aliphatic carbocycles. The minimum absolute atomic E-state index is 0.161. The lowest BCUT2D eigenvalue weighted by molar-refractivity contribution is 0.0402. The summed E-state index contributed by atoms with van der Waals surface area (Å²) in [7, 11) is 1.98. The smallest absolute Gasteiger partial charge is 0.240 e. The van der Waals surface area contributed by atoms with Gasteiger partial charge in [0.25, 0.3) is 0 Å². The van der Waals surface area contributed by atoms with E-state index in [9.17, 15) is 0 Å². The second-order valence-corrected chi connectivity index (χ2v) is 6.90. The van der Waals surface area contributed by atoms with Crippen molar-refractivity contribution < 1.29 is 9.26 Å². The molecule has 2 heterocycles. The molecule has 1 atom stereocenters. The van der Waals surface area contributed by atoms with E-state index >= 15 is 0 Å². The summed E-state index contributed by atoms with van der Waals surface area (Å²) in [6, 6.07) is 0. The van der Waals surface area contributed by atoms with Crippen molar-refractivity contribution in [1.29, 1.82) is 0 Å². The highest BCUT2D eigenvalue weighted by molar-refractivity contribution is 7.15. The highest BCUT2D eigenvalue weighted by Crippen LogP contribution is 2.18. The van der Waals surface area contributed by atoms with Gasteiger partial charge in [0, 0.05) is 24.2 Å². The first-order valence-electron chi connectivity index (χ1n) is 7.27. The van der Waals surface area contributed by atoms with Crippen LogP contribution in [0.5, 0.6) is 0 Å². The summed E-state index contributed by atoms with van der Waals surface area (Å²) in [4.78, 5) is 11.6. The third-order valence-corrected chi connectivity index (χ3v) is 3.74. The van der Waals surface area contributed by atoms with Crippen molar-refractivity contribution in [3.05, 3.63) is 22.8 Å². The van der Waals surface area contributed by atoms with Crippen molar-refractivity contribution in [3.8, 4) is 0 Å². The van der Waals surface area contributed by atoms with Gasteiger partial charge in [-0.25, -0.2) is 4.98 Å². The van der Waals surface area contributed by atoms with Crippen molar-refractivity contribution in [1.82, 2.24) is 20.0 Å². The lowest BCUT2D eigenvalue weighted by Gasteiger charge is -2.12. The van der Waals surface area contributed by atoms with Gasteiger partial charge in [-0.3, -0.25) is 4.90 Å². The fourth-order valence-electron chi connectivity index (χ4n) is 1.86. The second-order valence-electron chi connectivity index (χ2n) is 5.75. The first-order chi connectivity index (χ1) is 10.4. The zero-order chi connectivity index (χ0) is 16.1. The number of nitrogen functional groups attached to an aromatic ring is 1. The maximum Gasteiger partial charge on any atom is 0.240 e. The second kappa shape index (κ2) is 7.66. The van der Waals surface area contributed by atoms with Crippen molar-refractivity contribution >= 4 is 16.5 Å². The summed E-state index contributed by atoms with van der Waals surface area (Å²) in [5.74, 6) is 1.65. The molecule has 0 fully saturated rings. The zero-order valence-corrected chi connectivity index (χ0v) is 14.3. The van der Waals surface area contributed by atoms with E-state index in [0.29, 0.717) is 35.9 Å². The van der Waals surface area contributed by atoms with Crippen LogP contribution < -0.4 is 5.73 Å². The van der Waals surface area contributed by atoms with Crippen LogP contribution in [-0.2, 0) is 17.8 Å². The number of nitrogens with two attached hydrogens (primary N) is 1. The van der Waals surface area contributed by atoms with Gasteiger partial charge in [0.1, 0.15) is 6.10 Å². The molecule has 0 spiro atoms. The highest BCUT2D eigenvalue weighted by atomic mass is 32.1. The van der Waals surface area contributed by atoms with Gasteiger partial charge in [0.05, 0.1) is 6.54 Å². The van der Waals surface area contributed by atoms with Gasteiger partial charge in [0.2, 0.25) is 5.89 Å². The molecule has 0 saturated heterocycles. The van der Waals surface area contributed by atoms with Crippen molar-refractivity contribution in [2.45, 2.75) is 40.0 Å². The first kappa shape index (κ1) is 16.9. The molecule has 2 aromatic rings. The summed E-state index contributed by atoms with van der Waals surface area (Å²) in [5.41, 5.74) is 5.63. The molecule has 0 aliphatic rings. The number of rotatable bonds is 8. The van der Waals surface area contributed by atoms with Gasteiger partial charge >= 0.3 is 0 Å². The Bertz CT molecular complexity index is 583. The minimum Gasteiger partial charge on any atom is -0.375 e. The summed E-state index contributed by atoms with van der Waals surface area (Å²) in [6.07, 6.45) is 1.63. The van der Waals surface area contributed by atoms with Crippen molar-refractivity contribution in [2.75, 3.05) is 19.4 Å². The Morgan fingerprint density at radius 2 is 2.14 bits per heavy atom. The van der Waals surface area contributed by atoms with E-state index in [-0.39, 0.29) is 6.10 Å². The number of hydrogen-bond acceptors (Lipinski definition) is 8. The molecule has 0 bridgehead atoms. The Morgan fingerprint density at radius 3 is 2.77 bits per heavy atom. The van der Waals surface area contributed by atoms with Crippen LogP contribution in [0.4, 0.5) is 5.13 Å². The molecule has 0 aromatic carbocycles. The predicted octanol–water partition coefficient (Wildman–Crippen LogP) is 2.47. The number of ether oxygens (including phenoxy) is 1. The maximum absolute atomic E-state index is 5.69. The van der Waals surface area contributed by atoms with E-state index < -0.39 is 0 Å². The molecule has 2 N–H and O–H groups in total. The molecule has 22 heavy (non-hydrogen) atoms. The van der Waals surface area contributed by atoms with Crippen LogP contribution in [0, 0.1) is 5.92 Å². The fraction of sp³-hybridized carbons (Fsp3) is 0.643. The number of thiazole rings is 1. The van der Waals surface area contributed by atoms with E-state index in [0.717, 1.165) is 11.4 Å². The maximum atomic E-state index is 5.69. The van der Waals surface area contributed by atoms with Gasteiger partial charge in [-0.05, 0) is 19.9 Å². The first-order valence-corrected chi connectivity index (χ1v) is 8.08. The summed E-state index contributed by atoms with van der Waals surface area (Å²) in [5, 5.41) is 4.57. The van der Waals surface area contributed by atoms with Crippen molar-refractivity contribution in [3.63, 3.8) is 0 Å². The predicted molar refractivity (Wildman–Crippen MR) is 85.2 cm³/mol. The molecule has 1 unspecified atom stereocenters. The average Bonchev–Trinajstić information content (AvgIpc) is 3.05. The number of aromatic nitrogens is 3. The largest absolute Gasteiger partial charge is 0.375 e. The van der Waals surface area contributed by atoms with Gasteiger partial charge in [-0.15, -0.1) is 11.3 Å².